The van der Waals surface area contributed by atoms with E-state index in [1.54, 1.807) is 14.0 Å². The zero-order valence-electron chi connectivity index (χ0n) is 25.1. The summed E-state index contributed by atoms with van der Waals surface area (Å²) in [4.78, 5) is 11.8. The number of methoxy groups -OCH3 is 1. The van der Waals surface area contributed by atoms with E-state index in [0.29, 0.717) is 22.7 Å². The lowest BCUT2D eigenvalue weighted by Gasteiger charge is -2.62. The van der Waals surface area contributed by atoms with Gasteiger partial charge in [-0.15, -0.1) is 0 Å². The molecule has 0 aromatic rings. The molecule has 0 bridgehead atoms. The monoisotopic (exact) mass is 498 g/mol. The smallest absolute Gasteiger partial charge is 0.302 e. The minimum absolute atomic E-state index is 0.0217. The zero-order valence-corrected chi connectivity index (χ0v) is 25.1. The highest BCUT2D eigenvalue weighted by Crippen LogP contribution is 2.72. The molecule has 0 aromatic carbocycles. The van der Waals surface area contributed by atoms with Crippen molar-refractivity contribution >= 4 is 5.97 Å². The van der Waals surface area contributed by atoms with Crippen LogP contribution in [0.4, 0.5) is 0 Å². The molecule has 4 rings (SSSR count). The van der Waals surface area contributed by atoms with Crippen molar-refractivity contribution < 1.29 is 14.3 Å². The number of allylic oxidation sites excluding steroid dienone is 3. The molecule has 0 amide bonds. The van der Waals surface area contributed by atoms with Crippen molar-refractivity contribution in [2.45, 2.75) is 132 Å². The van der Waals surface area contributed by atoms with E-state index < -0.39 is 0 Å². The number of fused-ring (bicyclic) bond motifs is 4. The van der Waals surface area contributed by atoms with Gasteiger partial charge >= 0.3 is 5.97 Å². The molecule has 7 atom stereocenters. The Hall–Kier alpha value is -1.09. The van der Waals surface area contributed by atoms with Crippen molar-refractivity contribution in [3.8, 4) is 0 Å². The summed E-state index contributed by atoms with van der Waals surface area (Å²) < 4.78 is 11.5. The number of hydrogen-bond donors (Lipinski definition) is 0. The maximum atomic E-state index is 11.8. The van der Waals surface area contributed by atoms with Gasteiger partial charge in [-0.1, -0.05) is 64.8 Å². The number of rotatable bonds is 6. The first-order valence-electron chi connectivity index (χ1n) is 14.8. The van der Waals surface area contributed by atoms with Gasteiger partial charge in [-0.25, -0.2) is 0 Å². The van der Waals surface area contributed by atoms with Gasteiger partial charge < -0.3 is 9.47 Å². The van der Waals surface area contributed by atoms with Gasteiger partial charge in [-0.05, 0) is 106 Å². The first-order valence-corrected chi connectivity index (χ1v) is 14.8. The summed E-state index contributed by atoms with van der Waals surface area (Å²) in [6, 6.07) is 0. The van der Waals surface area contributed by atoms with Crippen molar-refractivity contribution in [2.24, 2.45) is 39.4 Å². The molecule has 0 radical (unpaired) electrons. The fraction of sp³-hybridized carbons (Fsp3) is 0.848. The Morgan fingerprint density at radius 1 is 1.03 bits per heavy atom. The highest BCUT2D eigenvalue weighted by Gasteiger charge is 2.63. The normalized spacial score (nSPS) is 41.0. The molecule has 0 spiro atoms. The Morgan fingerprint density at radius 2 is 1.72 bits per heavy atom. The fourth-order valence-corrected chi connectivity index (χ4v) is 9.83. The lowest BCUT2D eigenvalue weighted by atomic mass is 9.43. The van der Waals surface area contributed by atoms with Crippen molar-refractivity contribution in [1.29, 1.82) is 0 Å². The molecule has 0 N–H and O–H groups in total. The molecular weight excluding hydrogens is 444 g/mol. The van der Waals surface area contributed by atoms with E-state index in [9.17, 15) is 4.79 Å². The summed E-state index contributed by atoms with van der Waals surface area (Å²) >= 11 is 0. The summed E-state index contributed by atoms with van der Waals surface area (Å²) in [5.74, 6) is 1.92. The van der Waals surface area contributed by atoms with E-state index in [-0.39, 0.29) is 28.5 Å². The van der Waals surface area contributed by atoms with Crippen LogP contribution < -0.4 is 0 Å². The Labute approximate surface area is 221 Å². The van der Waals surface area contributed by atoms with Crippen LogP contribution in [0, 0.1) is 39.4 Å². The minimum Gasteiger partial charge on any atom is -0.462 e. The lowest BCUT2D eigenvalue weighted by molar-refractivity contribution is -0.167. The van der Waals surface area contributed by atoms with Crippen LogP contribution in [0.25, 0.3) is 0 Å². The molecule has 3 nitrogen and oxygen atoms in total. The maximum absolute atomic E-state index is 11.8. The minimum atomic E-state index is -0.186. The molecule has 0 unspecified atom stereocenters. The Morgan fingerprint density at radius 3 is 2.36 bits per heavy atom. The van der Waals surface area contributed by atoms with E-state index in [1.165, 1.54) is 38.5 Å². The van der Waals surface area contributed by atoms with E-state index in [4.69, 9.17) is 9.47 Å². The second kappa shape index (κ2) is 9.28. The summed E-state index contributed by atoms with van der Waals surface area (Å²) in [5.41, 5.74) is 4.42. The van der Waals surface area contributed by atoms with Crippen molar-refractivity contribution in [3.63, 3.8) is 0 Å². The van der Waals surface area contributed by atoms with Crippen molar-refractivity contribution in [3.05, 3.63) is 23.3 Å². The van der Waals surface area contributed by atoms with E-state index in [2.05, 4.69) is 67.5 Å². The van der Waals surface area contributed by atoms with Gasteiger partial charge in [-0.2, -0.15) is 0 Å². The molecular formula is C33H54O3. The van der Waals surface area contributed by atoms with Crippen LogP contribution in [-0.2, 0) is 14.3 Å². The second-order valence-corrected chi connectivity index (χ2v) is 14.7. The van der Waals surface area contributed by atoms with Gasteiger partial charge in [0, 0.05) is 19.4 Å². The summed E-state index contributed by atoms with van der Waals surface area (Å²) in [6.07, 6.45) is 15.7. The first kappa shape index (κ1) is 27.9. The quantitative estimate of drug-likeness (QED) is 0.271. The molecule has 0 saturated heterocycles. The summed E-state index contributed by atoms with van der Waals surface area (Å²) in [6.45, 7) is 20.9. The summed E-state index contributed by atoms with van der Waals surface area (Å²) in [5, 5.41) is 0. The van der Waals surface area contributed by atoms with Gasteiger partial charge in [0.15, 0.2) is 0 Å². The predicted octanol–water partition coefficient (Wildman–Crippen LogP) is 8.67. The van der Waals surface area contributed by atoms with Crippen LogP contribution in [0.5, 0.6) is 0 Å². The number of carbonyl (C=O) groups is 1. The third-order valence-electron chi connectivity index (χ3n) is 12.3. The van der Waals surface area contributed by atoms with Crippen LogP contribution in [0.1, 0.15) is 120 Å². The highest BCUT2D eigenvalue weighted by atomic mass is 16.5. The standard InChI is InChI=1S/C33H54O3/c1-22(12-11-18-29(3,4)35-10)24-15-20-33(9)26-13-14-27-30(5,6)28(36-23(2)34)17-19-31(27,7)25(26)16-21-32(24,33)8/h11,18,22,24,27-28H,12-17,19-21H2,1-10H3/b18-11+/t22-,24-,27-,28+,31-,32-,33+/m1/s1. The number of esters is 1. The van der Waals surface area contributed by atoms with E-state index in [0.717, 1.165) is 25.2 Å². The van der Waals surface area contributed by atoms with Crippen LogP contribution in [0.15, 0.2) is 23.3 Å². The topological polar surface area (TPSA) is 35.5 Å². The molecule has 0 aliphatic heterocycles. The first-order chi connectivity index (χ1) is 16.6. The Bertz CT molecular complexity index is 925. The molecule has 2 fully saturated rings. The Kier molecular flexibility index (Phi) is 7.20. The average Bonchev–Trinajstić information content (AvgIpc) is 3.07. The molecule has 2 saturated carbocycles. The van der Waals surface area contributed by atoms with Crippen molar-refractivity contribution in [2.75, 3.05) is 7.11 Å². The van der Waals surface area contributed by atoms with Crippen LogP contribution in [-0.4, -0.2) is 24.8 Å². The number of ether oxygens (including phenoxy) is 2. The highest BCUT2D eigenvalue weighted by molar-refractivity contribution is 5.66. The molecule has 4 aliphatic rings. The molecule has 4 aliphatic carbocycles. The van der Waals surface area contributed by atoms with E-state index in [1.807, 2.05) is 11.1 Å². The largest absolute Gasteiger partial charge is 0.462 e. The van der Waals surface area contributed by atoms with Crippen LogP contribution >= 0.6 is 0 Å². The molecule has 0 aromatic heterocycles. The zero-order chi connectivity index (χ0) is 26.7. The van der Waals surface area contributed by atoms with Gasteiger partial charge in [0.1, 0.15) is 6.10 Å². The molecule has 0 heterocycles. The molecule has 36 heavy (non-hydrogen) atoms. The van der Waals surface area contributed by atoms with Gasteiger partial charge in [-0.3, -0.25) is 4.79 Å². The number of hydrogen-bond acceptors (Lipinski definition) is 3. The van der Waals surface area contributed by atoms with Crippen LogP contribution in [0.3, 0.4) is 0 Å². The SMILES string of the molecule is COC(C)(C)/C=C/C[C@@H](C)[C@H]1CC[C@@]2(C)C3=C(CC[C@]12C)[C@@]1(C)CC[C@H](OC(C)=O)C(C)(C)[C@H]1CC3. The third kappa shape index (κ3) is 4.24. The van der Waals surface area contributed by atoms with Gasteiger partial charge in [0.25, 0.3) is 0 Å². The molecule has 204 valence electrons. The Balaban J connectivity index is 1.60. The predicted molar refractivity (Wildman–Crippen MR) is 149 cm³/mol. The average molecular weight is 499 g/mol. The van der Waals surface area contributed by atoms with Gasteiger partial charge in [0.2, 0.25) is 0 Å². The fourth-order valence-electron chi connectivity index (χ4n) is 9.83. The van der Waals surface area contributed by atoms with Crippen molar-refractivity contribution in [1.82, 2.24) is 0 Å². The van der Waals surface area contributed by atoms with E-state index >= 15 is 0 Å². The van der Waals surface area contributed by atoms with Gasteiger partial charge in [0.05, 0.1) is 5.60 Å². The second-order valence-electron chi connectivity index (χ2n) is 14.7. The maximum Gasteiger partial charge on any atom is 0.302 e. The third-order valence-corrected chi connectivity index (χ3v) is 12.3. The number of carbonyl (C=O) groups excluding carboxylic acids is 1. The molecule has 3 heteroatoms. The lowest BCUT2D eigenvalue weighted by Crippen LogP contribution is -2.55. The summed E-state index contributed by atoms with van der Waals surface area (Å²) in [7, 11) is 1.80. The van der Waals surface area contributed by atoms with Crippen LogP contribution in [0.2, 0.25) is 0 Å².